The number of terminal acetylenes is 1. The van der Waals surface area contributed by atoms with Gasteiger partial charge in [0, 0.05) is 11.5 Å². The van der Waals surface area contributed by atoms with Gasteiger partial charge < -0.3 is 10.1 Å². The third-order valence-electron chi connectivity index (χ3n) is 4.51. The van der Waals surface area contributed by atoms with E-state index < -0.39 is 6.61 Å². The van der Waals surface area contributed by atoms with E-state index in [1.165, 1.54) is 6.07 Å². The summed E-state index contributed by atoms with van der Waals surface area (Å²) in [6, 6.07) is 6.24. The predicted molar refractivity (Wildman–Crippen MR) is 92.2 cm³/mol. The number of hydrogen-bond acceptors (Lipinski definition) is 3. The molecule has 1 N–H and O–H groups in total. The SMILES string of the molecule is C#CCN1CCC(C(=O)NC(CC)c2ccccc2OC(F)F)CC1. The lowest BCUT2D eigenvalue weighted by Crippen LogP contribution is -2.41. The second-order valence-corrected chi connectivity index (χ2v) is 6.14. The Hall–Kier alpha value is -2.13. The zero-order valence-electron chi connectivity index (χ0n) is 14.4. The quantitative estimate of drug-likeness (QED) is 0.768. The number of carbonyl (C=O) groups excluding carboxylic acids is 1. The first-order valence-corrected chi connectivity index (χ1v) is 8.55. The third-order valence-corrected chi connectivity index (χ3v) is 4.51. The number of halogens is 2. The summed E-state index contributed by atoms with van der Waals surface area (Å²) in [5.74, 6) is 2.60. The molecule has 0 aromatic heterocycles. The lowest BCUT2D eigenvalue weighted by atomic mass is 9.94. The lowest BCUT2D eigenvalue weighted by Gasteiger charge is -2.31. The highest BCUT2D eigenvalue weighted by molar-refractivity contribution is 5.79. The highest BCUT2D eigenvalue weighted by atomic mass is 19.3. The Labute approximate surface area is 147 Å². The van der Waals surface area contributed by atoms with Crippen molar-refractivity contribution in [3.63, 3.8) is 0 Å². The van der Waals surface area contributed by atoms with E-state index in [1.807, 2.05) is 6.92 Å². The first-order valence-electron chi connectivity index (χ1n) is 8.55. The van der Waals surface area contributed by atoms with Crippen LogP contribution in [0, 0.1) is 18.3 Å². The van der Waals surface area contributed by atoms with Gasteiger partial charge in [-0.3, -0.25) is 9.69 Å². The smallest absolute Gasteiger partial charge is 0.387 e. The molecule has 1 aliphatic rings. The van der Waals surface area contributed by atoms with Crippen molar-refractivity contribution in [1.82, 2.24) is 10.2 Å². The number of alkyl halides is 2. The van der Waals surface area contributed by atoms with Gasteiger partial charge in [-0.2, -0.15) is 8.78 Å². The molecule has 0 spiro atoms. The first kappa shape index (κ1) is 19.2. The number of carbonyl (C=O) groups is 1. The van der Waals surface area contributed by atoms with Crippen LogP contribution in [-0.4, -0.2) is 37.1 Å². The molecule has 1 amide bonds. The van der Waals surface area contributed by atoms with E-state index in [9.17, 15) is 13.6 Å². The molecule has 1 aromatic carbocycles. The number of ether oxygens (including phenoxy) is 1. The minimum absolute atomic E-state index is 0.0425. The maximum Gasteiger partial charge on any atom is 0.387 e. The summed E-state index contributed by atoms with van der Waals surface area (Å²) in [7, 11) is 0. The molecule has 1 aliphatic heterocycles. The van der Waals surface area contributed by atoms with Crippen molar-refractivity contribution >= 4 is 5.91 Å². The minimum Gasteiger partial charge on any atom is -0.434 e. The van der Waals surface area contributed by atoms with E-state index in [4.69, 9.17) is 6.42 Å². The summed E-state index contributed by atoms with van der Waals surface area (Å²) in [5, 5.41) is 2.99. The Morgan fingerprint density at radius 2 is 2.08 bits per heavy atom. The highest BCUT2D eigenvalue weighted by Crippen LogP contribution is 2.29. The second kappa shape index (κ2) is 9.38. The monoisotopic (exact) mass is 350 g/mol. The molecule has 0 bridgehead atoms. The van der Waals surface area contributed by atoms with Gasteiger partial charge in [-0.25, -0.2) is 0 Å². The molecule has 1 unspecified atom stereocenters. The number of rotatable bonds is 7. The van der Waals surface area contributed by atoms with Crippen molar-refractivity contribution < 1.29 is 18.3 Å². The average molecular weight is 350 g/mol. The van der Waals surface area contributed by atoms with Crippen molar-refractivity contribution in [2.45, 2.75) is 38.8 Å². The maximum atomic E-state index is 12.6. The summed E-state index contributed by atoms with van der Waals surface area (Å²) >= 11 is 0. The number of piperidine rings is 1. The van der Waals surface area contributed by atoms with E-state index in [0.717, 1.165) is 25.9 Å². The highest BCUT2D eigenvalue weighted by Gasteiger charge is 2.27. The fourth-order valence-electron chi connectivity index (χ4n) is 3.14. The van der Waals surface area contributed by atoms with Gasteiger partial charge in [0.15, 0.2) is 0 Å². The number of amides is 1. The van der Waals surface area contributed by atoms with Crippen molar-refractivity contribution in [3.05, 3.63) is 29.8 Å². The molecule has 25 heavy (non-hydrogen) atoms. The molecule has 0 saturated carbocycles. The lowest BCUT2D eigenvalue weighted by molar-refractivity contribution is -0.127. The van der Waals surface area contributed by atoms with Gasteiger partial charge in [0.1, 0.15) is 5.75 Å². The fourth-order valence-corrected chi connectivity index (χ4v) is 3.14. The van der Waals surface area contributed by atoms with E-state index >= 15 is 0 Å². The standard InChI is InChI=1S/C19H24F2N2O2/c1-3-11-23-12-9-14(10-13-23)18(24)22-16(4-2)15-7-5-6-8-17(15)25-19(20)21/h1,5-8,14,16,19H,4,9-13H2,2H3,(H,22,24). The number of hydrogen-bond donors (Lipinski definition) is 1. The van der Waals surface area contributed by atoms with Crippen molar-refractivity contribution in [1.29, 1.82) is 0 Å². The number of nitrogens with zero attached hydrogens (tertiary/aromatic N) is 1. The van der Waals surface area contributed by atoms with Gasteiger partial charge in [0.2, 0.25) is 5.91 Å². The molecule has 1 heterocycles. The van der Waals surface area contributed by atoms with Crippen LogP contribution < -0.4 is 10.1 Å². The molecule has 1 saturated heterocycles. The summed E-state index contributed by atoms with van der Waals surface area (Å²) in [4.78, 5) is 14.7. The van der Waals surface area contributed by atoms with E-state index in [2.05, 4.69) is 20.9 Å². The summed E-state index contributed by atoms with van der Waals surface area (Å²) in [5.41, 5.74) is 0.573. The Morgan fingerprint density at radius 1 is 1.40 bits per heavy atom. The Bertz CT molecular complexity index is 608. The van der Waals surface area contributed by atoms with Crippen molar-refractivity contribution in [3.8, 4) is 18.1 Å². The van der Waals surface area contributed by atoms with Gasteiger partial charge in [0.25, 0.3) is 0 Å². The average Bonchev–Trinajstić information content (AvgIpc) is 2.60. The summed E-state index contributed by atoms with van der Waals surface area (Å²) in [6.07, 6.45) is 7.40. The normalized spacial score (nSPS) is 17.1. The van der Waals surface area contributed by atoms with Crippen LogP contribution in [0.2, 0.25) is 0 Å². The van der Waals surface area contributed by atoms with Crippen LogP contribution in [0.5, 0.6) is 5.75 Å². The summed E-state index contributed by atoms with van der Waals surface area (Å²) < 4.78 is 29.8. The van der Waals surface area contributed by atoms with Crippen molar-refractivity contribution in [2.75, 3.05) is 19.6 Å². The van der Waals surface area contributed by atoms with E-state index in [-0.39, 0.29) is 23.6 Å². The minimum atomic E-state index is -2.89. The van der Waals surface area contributed by atoms with Crippen LogP contribution >= 0.6 is 0 Å². The van der Waals surface area contributed by atoms with Crippen molar-refractivity contribution in [2.24, 2.45) is 5.92 Å². The van der Waals surface area contributed by atoms with Crippen LogP contribution in [-0.2, 0) is 4.79 Å². The van der Waals surface area contributed by atoms with Crippen LogP contribution in [0.15, 0.2) is 24.3 Å². The molecule has 1 fully saturated rings. The van der Waals surface area contributed by atoms with Gasteiger partial charge in [-0.15, -0.1) is 6.42 Å². The predicted octanol–water partition coefficient (Wildman–Crippen LogP) is 3.20. The van der Waals surface area contributed by atoms with E-state index in [1.54, 1.807) is 18.2 Å². The molecule has 6 heteroatoms. The number of para-hydroxylation sites is 1. The molecule has 4 nitrogen and oxygen atoms in total. The summed E-state index contributed by atoms with van der Waals surface area (Å²) in [6.45, 7) is 1.20. The molecule has 1 aromatic rings. The molecule has 2 rings (SSSR count). The van der Waals surface area contributed by atoms with Crippen LogP contribution in [0.1, 0.15) is 37.8 Å². The van der Waals surface area contributed by atoms with Crippen LogP contribution in [0.25, 0.3) is 0 Å². The number of likely N-dealkylation sites (tertiary alicyclic amines) is 1. The van der Waals surface area contributed by atoms with E-state index in [0.29, 0.717) is 18.5 Å². The maximum absolute atomic E-state index is 12.6. The van der Waals surface area contributed by atoms with Gasteiger partial charge in [-0.1, -0.05) is 31.0 Å². The van der Waals surface area contributed by atoms with Crippen LogP contribution in [0.3, 0.4) is 0 Å². The Morgan fingerprint density at radius 3 is 2.68 bits per heavy atom. The van der Waals surface area contributed by atoms with Gasteiger partial charge in [-0.05, 0) is 38.4 Å². The third kappa shape index (κ3) is 5.43. The zero-order valence-corrected chi connectivity index (χ0v) is 14.4. The molecular formula is C19H24F2N2O2. The number of benzene rings is 1. The largest absolute Gasteiger partial charge is 0.434 e. The fraction of sp³-hybridized carbons (Fsp3) is 0.526. The molecular weight excluding hydrogens is 326 g/mol. The van der Waals surface area contributed by atoms with Gasteiger partial charge >= 0.3 is 6.61 Å². The van der Waals surface area contributed by atoms with Crippen LogP contribution in [0.4, 0.5) is 8.78 Å². The molecule has 0 aliphatic carbocycles. The second-order valence-electron chi connectivity index (χ2n) is 6.14. The molecule has 0 radical (unpaired) electrons. The Balaban J connectivity index is 2.00. The zero-order chi connectivity index (χ0) is 18.2. The molecule has 1 atom stereocenters. The Kier molecular flexibility index (Phi) is 7.20. The number of nitrogens with one attached hydrogen (secondary N) is 1. The van der Waals surface area contributed by atoms with Gasteiger partial charge in [0.05, 0.1) is 12.6 Å². The first-order chi connectivity index (χ1) is 12.0. The molecule has 136 valence electrons. The topological polar surface area (TPSA) is 41.6 Å².